The summed E-state index contributed by atoms with van der Waals surface area (Å²) in [5.74, 6) is 0. The van der Waals surface area contributed by atoms with Crippen LogP contribution in [0.2, 0.25) is 0 Å². The van der Waals surface area contributed by atoms with Crippen molar-refractivity contribution >= 4 is 0 Å². The third kappa shape index (κ3) is 3.92. The lowest BCUT2D eigenvalue weighted by Crippen LogP contribution is -2.22. The summed E-state index contributed by atoms with van der Waals surface area (Å²) in [5, 5.41) is 3.28. The van der Waals surface area contributed by atoms with Gasteiger partial charge in [-0.1, -0.05) is 0 Å². The lowest BCUT2D eigenvalue weighted by Gasteiger charge is -2.10. The summed E-state index contributed by atoms with van der Waals surface area (Å²) in [7, 11) is 0. The Kier molecular flexibility index (Phi) is 4.79. The molecule has 1 atom stereocenters. The SMILES string of the molecule is c1ncc(CNCCOCC2CCCO2)[nH]1. The van der Waals surface area contributed by atoms with Crippen LogP contribution in [0.5, 0.6) is 0 Å². The Morgan fingerprint density at radius 3 is 3.38 bits per heavy atom. The van der Waals surface area contributed by atoms with Crippen molar-refractivity contribution in [3.05, 3.63) is 18.2 Å². The van der Waals surface area contributed by atoms with Crippen LogP contribution in [0.25, 0.3) is 0 Å². The van der Waals surface area contributed by atoms with Crippen LogP contribution in [0.1, 0.15) is 18.5 Å². The van der Waals surface area contributed by atoms with Gasteiger partial charge in [-0.25, -0.2) is 4.98 Å². The largest absolute Gasteiger partial charge is 0.377 e. The highest BCUT2D eigenvalue weighted by molar-refractivity contribution is 4.92. The first kappa shape index (κ1) is 11.6. The van der Waals surface area contributed by atoms with Crippen LogP contribution in [0.3, 0.4) is 0 Å². The molecule has 1 aliphatic rings. The van der Waals surface area contributed by atoms with E-state index in [2.05, 4.69) is 15.3 Å². The molecule has 2 N–H and O–H groups in total. The molecule has 5 nitrogen and oxygen atoms in total. The molecule has 0 spiro atoms. The van der Waals surface area contributed by atoms with Crippen molar-refractivity contribution in [2.24, 2.45) is 0 Å². The molecule has 1 unspecified atom stereocenters. The summed E-state index contributed by atoms with van der Waals surface area (Å²) >= 11 is 0. The van der Waals surface area contributed by atoms with Gasteiger partial charge in [0.05, 0.1) is 25.6 Å². The maximum atomic E-state index is 5.52. The van der Waals surface area contributed by atoms with E-state index < -0.39 is 0 Å². The molecule has 5 heteroatoms. The van der Waals surface area contributed by atoms with Gasteiger partial charge < -0.3 is 19.8 Å². The maximum Gasteiger partial charge on any atom is 0.0922 e. The minimum Gasteiger partial charge on any atom is -0.377 e. The summed E-state index contributed by atoms with van der Waals surface area (Å²) in [6.07, 6.45) is 6.14. The molecule has 1 aliphatic heterocycles. The number of aromatic amines is 1. The van der Waals surface area contributed by atoms with Crippen molar-refractivity contribution in [1.29, 1.82) is 0 Å². The van der Waals surface area contributed by atoms with E-state index in [1.165, 1.54) is 6.42 Å². The summed E-state index contributed by atoms with van der Waals surface area (Å²) in [6.45, 7) is 4.01. The van der Waals surface area contributed by atoms with Crippen molar-refractivity contribution in [2.45, 2.75) is 25.5 Å². The minimum atomic E-state index is 0.326. The van der Waals surface area contributed by atoms with Crippen molar-refractivity contribution < 1.29 is 9.47 Å². The highest BCUT2D eigenvalue weighted by atomic mass is 16.5. The highest BCUT2D eigenvalue weighted by Crippen LogP contribution is 2.11. The second-order valence-electron chi connectivity index (χ2n) is 3.96. The second-order valence-corrected chi connectivity index (χ2v) is 3.96. The average Bonchev–Trinajstić information content (AvgIpc) is 2.96. The predicted octanol–water partition coefficient (Wildman–Crippen LogP) is 0.695. The molecule has 0 saturated carbocycles. The van der Waals surface area contributed by atoms with Gasteiger partial charge in [-0.05, 0) is 12.8 Å². The first-order valence-electron chi connectivity index (χ1n) is 5.82. The fourth-order valence-electron chi connectivity index (χ4n) is 1.74. The monoisotopic (exact) mass is 225 g/mol. The van der Waals surface area contributed by atoms with Crippen LogP contribution in [0, 0.1) is 0 Å². The van der Waals surface area contributed by atoms with Gasteiger partial charge in [-0.15, -0.1) is 0 Å². The Morgan fingerprint density at radius 1 is 1.62 bits per heavy atom. The molecule has 2 heterocycles. The first-order valence-corrected chi connectivity index (χ1v) is 5.82. The molecule has 0 amide bonds. The molecule has 0 bridgehead atoms. The minimum absolute atomic E-state index is 0.326. The fraction of sp³-hybridized carbons (Fsp3) is 0.727. The van der Waals surface area contributed by atoms with E-state index in [1.807, 2.05) is 6.20 Å². The van der Waals surface area contributed by atoms with E-state index in [1.54, 1.807) is 6.33 Å². The van der Waals surface area contributed by atoms with E-state index in [0.717, 1.165) is 45.0 Å². The quantitative estimate of drug-likeness (QED) is 0.670. The van der Waals surface area contributed by atoms with Gasteiger partial charge in [0.1, 0.15) is 0 Å². The third-order valence-corrected chi connectivity index (χ3v) is 2.62. The van der Waals surface area contributed by atoms with Crippen LogP contribution < -0.4 is 5.32 Å². The number of H-pyrrole nitrogens is 1. The van der Waals surface area contributed by atoms with Gasteiger partial charge in [0.25, 0.3) is 0 Å². The molecule has 0 radical (unpaired) electrons. The number of rotatable bonds is 7. The number of hydrogen-bond donors (Lipinski definition) is 2. The Hall–Kier alpha value is -0.910. The number of aromatic nitrogens is 2. The van der Waals surface area contributed by atoms with E-state index >= 15 is 0 Å². The molecule has 1 aromatic rings. The van der Waals surface area contributed by atoms with Gasteiger partial charge in [-0.2, -0.15) is 0 Å². The smallest absolute Gasteiger partial charge is 0.0922 e. The van der Waals surface area contributed by atoms with Crippen molar-refractivity contribution in [1.82, 2.24) is 15.3 Å². The van der Waals surface area contributed by atoms with Crippen LogP contribution in [-0.2, 0) is 16.0 Å². The average molecular weight is 225 g/mol. The Bertz CT molecular complexity index is 271. The standard InChI is InChI=1S/C11H19N3O2/c1-2-11(16-4-1)8-15-5-3-12-6-10-7-13-9-14-10/h7,9,11-12H,1-6,8H2,(H,13,14). The lowest BCUT2D eigenvalue weighted by atomic mass is 10.2. The maximum absolute atomic E-state index is 5.52. The van der Waals surface area contributed by atoms with E-state index in [4.69, 9.17) is 9.47 Å². The Balaban J connectivity index is 1.43. The number of nitrogens with zero attached hydrogens (tertiary/aromatic N) is 1. The Morgan fingerprint density at radius 2 is 2.62 bits per heavy atom. The lowest BCUT2D eigenvalue weighted by molar-refractivity contribution is 0.0182. The molecule has 0 aromatic carbocycles. The van der Waals surface area contributed by atoms with E-state index in [0.29, 0.717) is 6.10 Å². The second kappa shape index (κ2) is 6.62. The molecule has 1 fully saturated rings. The molecular formula is C11H19N3O2. The zero-order valence-corrected chi connectivity index (χ0v) is 9.45. The number of nitrogens with one attached hydrogen (secondary N) is 2. The van der Waals surface area contributed by atoms with Crippen molar-refractivity contribution in [3.8, 4) is 0 Å². The molecule has 2 rings (SSSR count). The number of ether oxygens (including phenoxy) is 2. The van der Waals surface area contributed by atoms with Crippen LogP contribution >= 0.6 is 0 Å². The Labute approximate surface area is 95.6 Å². The fourth-order valence-corrected chi connectivity index (χ4v) is 1.74. The van der Waals surface area contributed by atoms with E-state index in [9.17, 15) is 0 Å². The van der Waals surface area contributed by atoms with Gasteiger partial charge in [-0.3, -0.25) is 0 Å². The summed E-state index contributed by atoms with van der Waals surface area (Å²) < 4.78 is 11.0. The number of imidazole rings is 1. The summed E-state index contributed by atoms with van der Waals surface area (Å²) in [4.78, 5) is 6.98. The van der Waals surface area contributed by atoms with Crippen molar-refractivity contribution in [3.63, 3.8) is 0 Å². The number of hydrogen-bond acceptors (Lipinski definition) is 4. The predicted molar refractivity (Wildman–Crippen MR) is 60.1 cm³/mol. The zero-order valence-electron chi connectivity index (χ0n) is 9.45. The molecule has 16 heavy (non-hydrogen) atoms. The highest BCUT2D eigenvalue weighted by Gasteiger charge is 2.14. The molecule has 1 saturated heterocycles. The van der Waals surface area contributed by atoms with Crippen molar-refractivity contribution in [2.75, 3.05) is 26.4 Å². The van der Waals surface area contributed by atoms with Gasteiger partial charge in [0.2, 0.25) is 0 Å². The topological polar surface area (TPSA) is 59.2 Å². The first-order chi connectivity index (χ1) is 7.95. The third-order valence-electron chi connectivity index (χ3n) is 2.62. The molecule has 1 aromatic heterocycles. The van der Waals surface area contributed by atoms with Crippen LogP contribution in [0.15, 0.2) is 12.5 Å². The summed E-state index contributed by atoms with van der Waals surface area (Å²) in [5.41, 5.74) is 1.10. The molecule has 0 aliphatic carbocycles. The van der Waals surface area contributed by atoms with Gasteiger partial charge >= 0.3 is 0 Å². The van der Waals surface area contributed by atoms with Crippen LogP contribution in [0.4, 0.5) is 0 Å². The molecular weight excluding hydrogens is 206 g/mol. The summed E-state index contributed by atoms with van der Waals surface area (Å²) in [6, 6.07) is 0. The normalized spacial score (nSPS) is 20.4. The van der Waals surface area contributed by atoms with Crippen LogP contribution in [-0.4, -0.2) is 42.4 Å². The van der Waals surface area contributed by atoms with Gasteiger partial charge in [0.15, 0.2) is 0 Å². The van der Waals surface area contributed by atoms with E-state index in [-0.39, 0.29) is 0 Å². The molecule has 90 valence electrons. The van der Waals surface area contributed by atoms with Gasteiger partial charge in [0, 0.05) is 31.6 Å². The zero-order chi connectivity index (χ0) is 11.1.